The van der Waals surface area contributed by atoms with E-state index in [4.69, 9.17) is 15.3 Å². The molecule has 0 unspecified atom stereocenters. The Balaban J connectivity index is 1.56. The molecule has 1 aromatic carbocycles. The molecule has 3 rings (SSSR count). The number of nitrogen functional groups attached to an aromatic ring is 1. The van der Waals surface area contributed by atoms with Gasteiger partial charge in [0.15, 0.2) is 11.5 Å². The SMILES string of the molecule is COc1ccc(NC(=O)CSc2nnc(N/N=C(\C)c3ccccn3)n2N)cc1OC. The number of nitrogens with two attached hydrogens (primary N) is 1. The third-order valence-corrected chi connectivity index (χ3v) is 4.97. The molecule has 162 valence electrons. The monoisotopic (exact) mass is 442 g/mol. The molecule has 3 aromatic rings. The molecule has 0 radical (unpaired) electrons. The summed E-state index contributed by atoms with van der Waals surface area (Å²) in [6, 6.07) is 10.6. The Morgan fingerprint density at radius 3 is 2.71 bits per heavy atom. The standard InChI is InChI=1S/C19H22N8O3S/c1-12(14-6-4-5-9-21-14)23-24-18-25-26-19(27(18)20)31-11-17(28)22-13-7-8-15(29-2)16(10-13)30-3/h4-10H,11,20H2,1-3H3,(H,22,28)(H,24,25)/b23-12+. The minimum Gasteiger partial charge on any atom is -0.493 e. The number of benzene rings is 1. The summed E-state index contributed by atoms with van der Waals surface area (Å²) in [5.41, 5.74) is 4.72. The molecule has 0 bridgehead atoms. The van der Waals surface area contributed by atoms with Crippen LogP contribution in [0.2, 0.25) is 0 Å². The summed E-state index contributed by atoms with van der Waals surface area (Å²) in [4.78, 5) is 16.5. The van der Waals surface area contributed by atoms with Crippen molar-refractivity contribution >= 4 is 35.0 Å². The lowest BCUT2D eigenvalue weighted by Crippen LogP contribution is -2.17. The molecule has 2 heterocycles. The minimum absolute atomic E-state index is 0.0832. The Labute approximate surface area is 183 Å². The van der Waals surface area contributed by atoms with Crippen molar-refractivity contribution in [2.45, 2.75) is 12.1 Å². The molecule has 0 fully saturated rings. The van der Waals surface area contributed by atoms with Gasteiger partial charge in [0, 0.05) is 18.0 Å². The number of aromatic nitrogens is 4. The van der Waals surface area contributed by atoms with Crippen LogP contribution >= 0.6 is 11.8 Å². The lowest BCUT2D eigenvalue weighted by Gasteiger charge is -2.10. The third-order valence-electron chi connectivity index (χ3n) is 4.02. The van der Waals surface area contributed by atoms with Gasteiger partial charge in [-0.1, -0.05) is 17.8 Å². The number of amides is 1. The summed E-state index contributed by atoms with van der Waals surface area (Å²) in [5.74, 6) is 7.17. The summed E-state index contributed by atoms with van der Waals surface area (Å²) < 4.78 is 11.6. The Hall–Kier alpha value is -3.80. The van der Waals surface area contributed by atoms with Crippen LogP contribution in [-0.2, 0) is 4.79 Å². The second kappa shape index (κ2) is 10.3. The van der Waals surface area contributed by atoms with Crippen molar-refractivity contribution in [2.75, 3.05) is 36.6 Å². The summed E-state index contributed by atoms with van der Waals surface area (Å²) in [6.07, 6.45) is 1.68. The Morgan fingerprint density at radius 1 is 1.19 bits per heavy atom. The van der Waals surface area contributed by atoms with Gasteiger partial charge in [-0.2, -0.15) is 5.10 Å². The highest BCUT2D eigenvalue weighted by molar-refractivity contribution is 7.99. The van der Waals surface area contributed by atoms with Gasteiger partial charge in [0.2, 0.25) is 11.1 Å². The van der Waals surface area contributed by atoms with Crippen molar-refractivity contribution in [1.29, 1.82) is 0 Å². The number of carbonyl (C=O) groups is 1. The number of methoxy groups -OCH3 is 2. The van der Waals surface area contributed by atoms with E-state index in [1.54, 1.807) is 38.4 Å². The number of hydrogen-bond donors (Lipinski definition) is 3. The van der Waals surface area contributed by atoms with Crippen LogP contribution < -0.4 is 26.1 Å². The molecule has 0 atom stereocenters. The first-order valence-corrected chi connectivity index (χ1v) is 10.1. The summed E-state index contributed by atoms with van der Waals surface area (Å²) in [5, 5.41) is 15.3. The number of nitrogens with zero attached hydrogens (tertiary/aromatic N) is 5. The van der Waals surface area contributed by atoms with E-state index in [-0.39, 0.29) is 17.6 Å². The van der Waals surface area contributed by atoms with E-state index in [1.165, 1.54) is 11.8 Å². The number of ether oxygens (including phenoxy) is 2. The van der Waals surface area contributed by atoms with Gasteiger partial charge >= 0.3 is 0 Å². The second-order valence-corrected chi connectivity index (χ2v) is 7.05. The van der Waals surface area contributed by atoms with Crippen LogP contribution in [0, 0.1) is 0 Å². The van der Waals surface area contributed by atoms with Crippen LogP contribution in [0.25, 0.3) is 0 Å². The summed E-state index contributed by atoms with van der Waals surface area (Å²) in [7, 11) is 3.07. The first-order valence-electron chi connectivity index (χ1n) is 9.08. The van der Waals surface area contributed by atoms with E-state index in [0.717, 1.165) is 17.5 Å². The Bertz CT molecular complexity index is 1070. The normalized spacial score (nSPS) is 11.1. The van der Waals surface area contributed by atoms with E-state index >= 15 is 0 Å². The van der Waals surface area contributed by atoms with E-state index in [2.05, 4.69) is 31.0 Å². The van der Waals surface area contributed by atoms with E-state index in [9.17, 15) is 4.79 Å². The second-order valence-electron chi connectivity index (χ2n) is 6.11. The highest BCUT2D eigenvalue weighted by atomic mass is 32.2. The lowest BCUT2D eigenvalue weighted by atomic mass is 10.2. The Kier molecular flexibility index (Phi) is 7.27. The number of carbonyl (C=O) groups excluding carboxylic acids is 1. The molecule has 4 N–H and O–H groups in total. The predicted octanol–water partition coefficient (Wildman–Crippen LogP) is 1.97. The molecule has 0 saturated heterocycles. The van der Waals surface area contributed by atoms with Gasteiger partial charge in [-0.15, -0.1) is 10.2 Å². The molecular formula is C19H22N8O3S. The molecule has 0 spiro atoms. The van der Waals surface area contributed by atoms with Crippen LogP contribution in [0.1, 0.15) is 12.6 Å². The molecule has 0 aliphatic rings. The van der Waals surface area contributed by atoms with Crippen LogP contribution in [0.15, 0.2) is 52.9 Å². The van der Waals surface area contributed by atoms with Gasteiger partial charge in [-0.3, -0.25) is 9.78 Å². The molecule has 11 nitrogen and oxygen atoms in total. The third kappa shape index (κ3) is 5.63. The molecule has 0 aliphatic carbocycles. The molecule has 0 saturated carbocycles. The fraction of sp³-hybridized carbons (Fsp3) is 0.211. The highest BCUT2D eigenvalue weighted by Gasteiger charge is 2.13. The van der Waals surface area contributed by atoms with Crippen molar-refractivity contribution in [3.05, 3.63) is 48.3 Å². The average Bonchev–Trinajstić information content (AvgIpc) is 3.15. The average molecular weight is 443 g/mol. The number of thioether (sulfide) groups is 1. The summed E-state index contributed by atoms with van der Waals surface area (Å²) in [6.45, 7) is 1.81. The number of anilines is 2. The largest absolute Gasteiger partial charge is 0.493 e. The van der Waals surface area contributed by atoms with Crippen molar-refractivity contribution in [3.8, 4) is 11.5 Å². The Morgan fingerprint density at radius 2 is 2.00 bits per heavy atom. The zero-order valence-electron chi connectivity index (χ0n) is 17.2. The van der Waals surface area contributed by atoms with Crippen molar-refractivity contribution in [3.63, 3.8) is 0 Å². The number of hydrazone groups is 1. The van der Waals surface area contributed by atoms with Crippen molar-refractivity contribution in [2.24, 2.45) is 5.10 Å². The molecule has 2 aromatic heterocycles. The topological polar surface area (TPSA) is 142 Å². The molecular weight excluding hydrogens is 420 g/mol. The van der Waals surface area contributed by atoms with Gasteiger partial charge in [-0.25, -0.2) is 10.1 Å². The minimum atomic E-state index is -0.237. The van der Waals surface area contributed by atoms with Crippen molar-refractivity contribution < 1.29 is 14.3 Å². The maximum Gasteiger partial charge on any atom is 0.264 e. The van der Waals surface area contributed by atoms with Gasteiger partial charge in [0.05, 0.1) is 31.4 Å². The summed E-state index contributed by atoms with van der Waals surface area (Å²) >= 11 is 1.14. The number of hydrogen-bond acceptors (Lipinski definition) is 10. The van der Waals surface area contributed by atoms with Gasteiger partial charge < -0.3 is 20.6 Å². The quantitative estimate of drug-likeness (QED) is 0.196. The van der Waals surface area contributed by atoms with Crippen LogP contribution in [0.4, 0.5) is 11.6 Å². The maximum absolute atomic E-state index is 12.3. The van der Waals surface area contributed by atoms with Gasteiger partial charge in [-0.05, 0) is 31.2 Å². The van der Waals surface area contributed by atoms with E-state index < -0.39 is 0 Å². The molecule has 12 heteroatoms. The fourth-order valence-corrected chi connectivity index (χ4v) is 3.12. The van der Waals surface area contributed by atoms with Crippen molar-refractivity contribution in [1.82, 2.24) is 19.9 Å². The smallest absolute Gasteiger partial charge is 0.264 e. The molecule has 31 heavy (non-hydrogen) atoms. The predicted molar refractivity (Wildman–Crippen MR) is 119 cm³/mol. The highest BCUT2D eigenvalue weighted by Crippen LogP contribution is 2.29. The number of rotatable bonds is 9. The number of nitrogens with one attached hydrogen (secondary N) is 2. The first-order chi connectivity index (χ1) is 15.0. The van der Waals surface area contributed by atoms with Crippen LogP contribution in [0.3, 0.4) is 0 Å². The van der Waals surface area contributed by atoms with Crippen LogP contribution in [0.5, 0.6) is 11.5 Å². The molecule has 0 aliphatic heterocycles. The lowest BCUT2D eigenvalue weighted by molar-refractivity contribution is -0.113. The van der Waals surface area contributed by atoms with Crippen LogP contribution in [-0.4, -0.2) is 51.4 Å². The van der Waals surface area contributed by atoms with Gasteiger partial charge in [0.1, 0.15) is 0 Å². The zero-order valence-corrected chi connectivity index (χ0v) is 18.0. The van der Waals surface area contributed by atoms with Gasteiger partial charge in [0.25, 0.3) is 5.95 Å². The molecule has 1 amide bonds. The maximum atomic E-state index is 12.3. The van der Waals surface area contributed by atoms with E-state index in [1.807, 2.05) is 18.2 Å². The first kappa shape index (κ1) is 21.9. The fourth-order valence-electron chi connectivity index (χ4n) is 2.46. The van der Waals surface area contributed by atoms with E-state index in [0.29, 0.717) is 28.1 Å². The zero-order chi connectivity index (χ0) is 22.2. The number of pyridine rings is 1.